The number of benzene rings is 1. The van der Waals surface area contributed by atoms with E-state index in [0.29, 0.717) is 19.0 Å². The standard InChI is InChI=1S/C15H25N3O2S/c1-12-5-7-14(8-6-12)15(17-16)10-13-4-3-9-18(11-13)21(2,19)20/h5-8,13,15,17H,3-4,9-11,16H2,1-2H3. The third-order valence-corrected chi connectivity index (χ3v) is 5.47. The van der Waals surface area contributed by atoms with Crippen LogP contribution in [0.4, 0.5) is 0 Å². The molecule has 0 spiro atoms. The zero-order chi connectivity index (χ0) is 15.5. The lowest BCUT2D eigenvalue weighted by Gasteiger charge is -2.33. The second-order valence-corrected chi connectivity index (χ2v) is 7.98. The summed E-state index contributed by atoms with van der Waals surface area (Å²) >= 11 is 0. The molecular weight excluding hydrogens is 286 g/mol. The van der Waals surface area contributed by atoms with E-state index < -0.39 is 10.0 Å². The molecule has 0 saturated carbocycles. The van der Waals surface area contributed by atoms with Gasteiger partial charge in [-0.2, -0.15) is 0 Å². The van der Waals surface area contributed by atoms with Crippen molar-refractivity contribution >= 4 is 10.0 Å². The molecule has 0 amide bonds. The molecule has 0 aromatic heterocycles. The Morgan fingerprint density at radius 3 is 2.62 bits per heavy atom. The van der Waals surface area contributed by atoms with Gasteiger partial charge in [0.1, 0.15) is 0 Å². The van der Waals surface area contributed by atoms with Gasteiger partial charge in [-0.15, -0.1) is 0 Å². The summed E-state index contributed by atoms with van der Waals surface area (Å²) in [7, 11) is -3.09. The number of nitrogens with one attached hydrogen (secondary N) is 1. The minimum Gasteiger partial charge on any atom is -0.271 e. The van der Waals surface area contributed by atoms with E-state index in [9.17, 15) is 8.42 Å². The third-order valence-electron chi connectivity index (χ3n) is 4.20. The zero-order valence-electron chi connectivity index (χ0n) is 12.7. The number of nitrogens with two attached hydrogens (primary N) is 1. The molecule has 2 atom stereocenters. The van der Waals surface area contributed by atoms with E-state index in [0.717, 1.165) is 24.8 Å². The topological polar surface area (TPSA) is 75.4 Å². The summed E-state index contributed by atoms with van der Waals surface area (Å²) < 4.78 is 24.9. The van der Waals surface area contributed by atoms with E-state index in [1.54, 1.807) is 4.31 Å². The molecule has 118 valence electrons. The van der Waals surface area contributed by atoms with Gasteiger partial charge in [0.15, 0.2) is 0 Å². The van der Waals surface area contributed by atoms with Crippen LogP contribution in [0, 0.1) is 12.8 Å². The van der Waals surface area contributed by atoms with Crippen LogP contribution in [0.15, 0.2) is 24.3 Å². The van der Waals surface area contributed by atoms with Crippen molar-refractivity contribution in [3.63, 3.8) is 0 Å². The number of piperidine rings is 1. The molecule has 5 nitrogen and oxygen atoms in total. The Hall–Kier alpha value is -0.950. The van der Waals surface area contributed by atoms with Gasteiger partial charge in [-0.3, -0.25) is 11.3 Å². The van der Waals surface area contributed by atoms with Crippen LogP contribution in [0.1, 0.15) is 36.4 Å². The first-order chi connectivity index (χ1) is 9.90. The molecule has 2 unspecified atom stereocenters. The molecule has 1 aromatic carbocycles. The highest BCUT2D eigenvalue weighted by Gasteiger charge is 2.27. The van der Waals surface area contributed by atoms with Crippen molar-refractivity contribution in [2.24, 2.45) is 11.8 Å². The third kappa shape index (κ3) is 4.51. The second-order valence-electron chi connectivity index (χ2n) is 5.99. The minimum absolute atomic E-state index is 0.0649. The molecule has 2 rings (SSSR count). The highest BCUT2D eigenvalue weighted by molar-refractivity contribution is 7.88. The van der Waals surface area contributed by atoms with Gasteiger partial charge in [0.2, 0.25) is 10.0 Å². The fraction of sp³-hybridized carbons (Fsp3) is 0.600. The van der Waals surface area contributed by atoms with Crippen molar-refractivity contribution < 1.29 is 8.42 Å². The van der Waals surface area contributed by atoms with Crippen LogP contribution in [-0.4, -0.2) is 32.1 Å². The van der Waals surface area contributed by atoms with E-state index in [-0.39, 0.29) is 6.04 Å². The molecule has 0 aliphatic carbocycles. The number of nitrogens with zero attached hydrogens (tertiary/aromatic N) is 1. The number of aryl methyl sites for hydroxylation is 1. The lowest BCUT2D eigenvalue weighted by Crippen LogP contribution is -2.41. The molecule has 0 radical (unpaired) electrons. The van der Waals surface area contributed by atoms with E-state index >= 15 is 0 Å². The molecule has 21 heavy (non-hydrogen) atoms. The summed E-state index contributed by atoms with van der Waals surface area (Å²) in [5.74, 6) is 6.04. The maximum absolute atomic E-state index is 11.7. The van der Waals surface area contributed by atoms with Gasteiger partial charge in [-0.05, 0) is 37.7 Å². The van der Waals surface area contributed by atoms with Gasteiger partial charge < -0.3 is 0 Å². The molecule has 3 N–H and O–H groups in total. The van der Waals surface area contributed by atoms with Crippen molar-refractivity contribution in [3.8, 4) is 0 Å². The quantitative estimate of drug-likeness (QED) is 0.639. The van der Waals surface area contributed by atoms with E-state index in [1.807, 2.05) is 0 Å². The van der Waals surface area contributed by atoms with Crippen LogP contribution in [0.5, 0.6) is 0 Å². The molecule has 0 bridgehead atoms. The number of hydrazine groups is 1. The molecule has 6 heteroatoms. The number of hydrogen-bond donors (Lipinski definition) is 2. The van der Waals surface area contributed by atoms with E-state index in [4.69, 9.17) is 5.84 Å². The SMILES string of the molecule is Cc1ccc(C(CC2CCCN(S(C)(=O)=O)C2)NN)cc1. The molecule has 1 heterocycles. The summed E-state index contributed by atoms with van der Waals surface area (Å²) in [6.45, 7) is 3.29. The zero-order valence-corrected chi connectivity index (χ0v) is 13.6. The van der Waals surface area contributed by atoms with E-state index in [1.165, 1.54) is 11.8 Å². The van der Waals surface area contributed by atoms with Crippen LogP contribution in [0.3, 0.4) is 0 Å². The van der Waals surface area contributed by atoms with Gasteiger partial charge in [0.05, 0.1) is 6.26 Å². The molecule has 1 saturated heterocycles. The van der Waals surface area contributed by atoms with Gasteiger partial charge in [0, 0.05) is 19.1 Å². The van der Waals surface area contributed by atoms with Crippen molar-refractivity contribution in [3.05, 3.63) is 35.4 Å². The van der Waals surface area contributed by atoms with Gasteiger partial charge in [0.25, 0.3) is 0 Å². The second kappa shape index (κ2) is 6.87. The number of hydrogen-bond acceptors (Lipinski definition) is 4. The average molecular weight is 311 g/mol. The Morgan fingerprint density at radius 2 is 2.05 bits per heavy atom. The van der Waals surface area contributed by atoms with Crippen molar-refractivity contribution in [2.75, 3.05) is 19.3 Å². The summed E-state index contributed by atoms with van der Waals surface area (Å²) in [5.41, 5.74) is 5.24. The summed E-state index contributed by atoms with van der Waals surface area (Å²) in [4.78, 5) is 0. The number of sulfonamides is 1. The predicted octanol–water partition coefficient (Wildman–Crippen LogP) is 1.56. The Labute approximate surface area is 127 Å². The van der Waals surface area contributed by atoms with Crippen LogP contribution in [0.25, 0.3) is 0 Å². The maximum atomic E-state index is 11.7. The largest absolute Gasteiger partial charge is 0.271 e. The first-order valence-corrected chi connectivity index (χ1v) is 9.23. The molecule has 1 aliphatic rings. The first kappa shape index (κ1) is 16.4. The Bertz CT molecular complexity index is 557. The highest BCUT2D eigenvalue weighted by Crippen LogP contribution is 2.28. The van der Waals surface area contributed by atoms with Crippen LogP contribution >= 0.6 is 0 Å². The molecule has 1 aromatic rings. The van der Waals surface area contributed by atoms with Crippen molar-refractivity contribution in [1.29, 1.82) is 0 Å². The van der Waals surface area contributed by atoms with Crippen LogP contribution < -0.4 is 11.3 Å². The Kier molecular flexibility index (Phi) is 5.37. The Morgan fingerprint density at radius 1 is 1.38 bits per heavy atom. The lowest BCUT2D eigenvalue weighted by atomic mass is 9.89. The van der Waals surface area contributed by atoms with Crippen LogP contribution in [-0.2, 0) is 10.0 Å². The summed E-state index contributed by atoms with van der Waals surface area (Å²) in [6, 6.07) is 8.37. The predicted molar refractivity (Wildman–Crippen MR) is 85.0 cm³/mol. The molecular formula is C15H25N3O2S. The van der Waals surface area contributed by atoms with E-state index in [2.05, 4.69) is 36.6 Å². The fourth-order valence-corrected chi connectivity index (χ4v) is 3.90. The minimum atomic E-state index is -3.09. The number of rotatable bonds is 5. The fourth-order valence-electron chi connectivity index (χ4n) is 2.95. The van der Waals surface area contributed by atoms with Crippen molar-refractivity contribution in [1.82, 2.24) is 9.73 Å². The molecule has 1 aliphatic heterocycles. The monoisotopic (exact) mass is 311 g/mol. The van der Waals surface area contributed by atoms with Gasteiger partial charge >= 0.3 is 0 Å². The summed E-state index contributed by atoms with van der Waals surface area (Å²) in [6.07, 6.45) is 4.11. The normalized spacial score (nSPS) is 22.1. The Balaban J connectivity index is 2.03. The smallest absolute Gasteiger partial charge is 0.211 e. The molecule has 1 fully saturated rings. The highest BCUT2D eigenvalue weighted by atomic mass is 32.2. The first-order valence-electron chi connectivity index (χ1n) is 7.38. The average Bonchev–Trinajstić information content (AvgIpc) is 2.45. The van der Waals surface area contributed by atoms with Crippen molar-refractivity contribution in [2.45, 2.75) is 32.2 Å². The maximum Gasteiger partial charge on any atom is 0.211 e. The summed E-state index contributed by atoms with van der Waals surface area (Å²) in [5, 5.41) is 0. The van der Waals surface area contributed by atoms with Gasteiger partial charge in [-0.25, -0.2) is 12.7 Å². The lowest BCUT2D eigenvalue weighted by molar-refractivity contribution is 0.238. The van der Waals surface area contributed by atoms with Gasteiger partial charge in [-0.1, -0.05) is 29.8 Å². The van der Waals surface area contributed by atoms with Crippen LogP contribution in [0.2, 0.25) is 0 Å².